The van der Waals surface area contributed by atoms with E-state index < -0.39 is 0 Å². The van der Waals surface area contributed by atoms with E-state index in [0.29, 0.717) is 0 Å². The van der Waals surface area contributed by atoms with E-state index in [1.54, 1.807) is 0 Å². The molecule has 0 spiro atoms. The molecule has 0 aromatic heterocycles. The second kappa shape index (κ2) is 19.4. The molecule has 0 aromatic carbocycles. The fraction of sp³-hybridized carbons (Fsp3) is 1.00. The molecule has 0 bridgehead atoms. The Labute approximate surface area is 130 Å². The van der Waals surface area contributed by atoms with Crippen LogP contribution in [-0.2, 0) is 4.52 Å². The fourth-order valence-electron chi connectivity index (χ4n) is 2.73. The zero-order valence-corrected chi connectivity index (χ0v) is 15.2. The summed E-state index contributed by atoms with van der Waals surface area (Å²) < 4.78 is 4.98. The molecule has 0 radical (unpaired) electrons. The number of unbranched alkanes of at least 4 members (excludes halogenated alkanes) is 15. The lowest BCUT2D eigenvalue weighted by Crippen LogP contribution is -1.85. The van der Waals surface area contributed by atoms with Gasteiger partial charge in [0.2, 0.25) is 0 Å². The van der Waals surface area contributed by atoms with Gasteiger partial charge < -0.3 is 4.52 Å². The lowest BCUT2D eigenvalue weighted by atomic mass is 10.0. The van der Waals surface area contributed by atoms with Gasteiger partial charge in [-0.2, -0.15) is 0 Å². The van der Waals surface area contributed by atoms with Gasteiger partial charge in [0, 0.05) is 9.47 Å². The third-order valence-electron chi connectivity index (χ3n) is 4.12. The summed E-state index contributed by atoms with van der Waals surface area (Å²) in [5.74, 6) is 0. The molecule has 0 rings (SSSR count). The first-order chi connectivity index (χ1) is 9.91. The normalized spacial score (nSPS) is 11.1. The Kier molecular flexibility index (Phi) is 19.8. The quantitative estimate of drug-likeness (QED) is 0.206. The van der Waals surface area contributed by atoms with Crippen LogP contribution in [0.15, 0.2) is 0 Å². The Morgan fingerprint density at radius 1 is 0.500 bits per heavy atom. The molecule has 0 aliphatic carbocycles. The first-order valence-electron chi connectivity index (χ1n) is 9.23. The Hall–Kier alpha value is 0.390. The van der Waals surface area contributed by atoms with Crippen LogP contribution in [0.4, 0.5) is 0 Å². The third-order valence-corrected chi connectivity index (χ3v) is 4.35. The van der Waals surface area contributed by atoms with Gasteiger partial charge >= 0.3 is 0 Å². The summed E-state index contributed by atoms with van der Waals surface area (Å²) >= 11 is 0. The number of hydrogen-bond acceptors (Lipinski definition) is 1. The Morgan fingerprint density at radius 3 is 1.10 bits per heavy atom. The molecule has 2 heteroatoms. The minimum atomic E-state index is 0.906. The van der Waals surface area contributed by atoms with Gasteiger partial charge in [-0.05, 0) is 6.42 Å². The van der Waals surface area contributed by atoms with Crippen LogP contribution >= 0.6 is 9.47 Å². The fourth-order valence-corrected chi connectivity index (χ4v) is 2.90. The summed E-state index contributed by atoms with van der Waals surface area (Å²) in [5.41, 5.74) is 0. The monoisotopic (exact) mass is 302 g/mol. The zero-order chi connectivity index (χ0) is 14.7. The molecular formula is C18H39OP. The molecule has 0 aliphatic rings. The van der Waals surface area contributed by atoms with E-state index in [9.17, 15) is 0 Å². The maximum Gasteiger partial charge on any atom is 0.0501 e. The van der Waals surface area contributed by atoms with Crippen molar-refractivity contribution in [1.82, 2.24) is 0 Å². The van der Waals surface area contributed by atoms with Crippen molar-refractivity contribution >= 4 is 9.47 Å². The van der Waals surface area contributed by atoms with Crippen LogP contribution in [0.1, 0.15) is 110 Å². The molecule has 0 amide bonds. The van der Waals surface area contributed by atoms with Crippen molar-refractivity contribution in [3.05, 3.63) is 0 Å². The predicted molar refractivity (Wildman–Crippen MR) is 95.2 cm³/mol. The summed E-state index contributed by atoms with van der Waals surface area (Å²) in [6, 6.07) is 0. The van der Waals surface area contributed by atoms with E-state index >= 15 is 0 Å². The maximum absolute atomic E-state index is 4.98. The average Bonchev–Trinajstić information content (AvgIpc) is 2.47. The van der Waals surface area contributed by atoms with Gasteiger partial charge in [-0.25, -0.2) is 0 Å². The second-order valence-electron chi connectivity index (χ2n) is 6.17. The molecule has 20 heavy (non-hydrogen) atoms. The summed E-state index contributed by atoms with van der Waals surface area (Å²) in [5, 5.41) is 0. The minimum Gasteiger partial charge on any atom is -0.366 e. The van der Waals surface area contributed by atoms with E-state index in [0.717, 1.165) is 6.61 Å². The van der Waals surface area contributed by atoms with Gasteiger partial charge in [-0.15, -0.1) is 0 Å². The average molecular weight is 302 g/mol. The molecule has 0 saturated heterocycles. The molecule has 1 nitrogen and oxygen atoms in total. The molecule has 0 saturated carbocycles. The zero-order valence-electron chi connectivity index (χ0n) is 14.0. The Bertz CT molecular complexity index is 143. The number of rotatable bonds is 17. The van der Waals surface area contributed by atoms with Crippen molar-refractivity contribution in [1.29, 1.82) is 0 Å². The highest BCUT2D eigenvalue weighted by atomic mass is 31.0. The predicted octanol–water partition coefficient (Wildman–Crippen LogP) is 7.05. The summed E-state index contributed by atoms with van der Waals surface area (Å²) in [7, 11) is 2.33. The lowest BCUT2D eigenvalue weighted by molar-refractivity contribution is 0.352. The van der Waals surface area contributed by atoms with Crippen LogP contribution in [0.3, 0.4) is 0 Å². The van der Waals surface area contributed by atoms with Gasteiger partial charge in [0.25, 0.3) is 0 Å². The number of hydrogen-bond donors (Lipinski definition) is 0. The van der Waals surface area contributed by atoms with Crippen LogP contribution < -0.4 is 0 Å². The van der Waals surface area contributed by atoms with E-state index in [1.165, 1.54) is 103 Å². The van der Waals surface area contributed by atoms with Crippen molar-refractivity contribution in [3.8, 4) is 0 Å². The van der Waals surface area contributed by atoms with Crippen molar-refractivity contribution in [2.24, 2.45) is 0 Å². The van der Waals surface area contributed by atoms with Gasteiger partial charge in [-0.3, -0.25) is 0 Å². The van der Waals surface area contributed by atoms with E-state index in [1.807, 2.05) is 0 Å². The minimum absolute atomic E-state index is 0.906. The SMILES string of the molecule is CCCCCCCCCCCCCCCCCCOP. The van der Waals surface area contributed by atoms with Crippen molar-refractivity contribution < 1.29 is 4.52 Å². The highest BCUT2D eigenvalue weighted by Gasteiger charge is 1.94. The van der Waals surface area contributed by atoms with Crippen LogP contribution in [0.2, 0.25) is 0 Å². The third kappa shape index (κ3) is 18.4. The Morgan fingerprint density at radius 2 is 0.800 bits per heavy atom. The van der Waals surface area contributed by atoms with Gasteiger partial charge in [0.05, 0.1) is 6.61 Å². The molecule has 0 heterocycles. The molecular weight excluding hydrogens is 263 g/mol. The van der Waals surface area contributed by atoms with Gasteiger partial charge in [-0.1, -0.05) is 103 Å². The topological polar surface area (TPSA) is 9.23 Å². The van der Waals surface area contributed by atoms with E-state index in [4.69, 9.17) is 4.52 Å². The van der Waals surface area contributed by atoms with Crippen LogP contribution in [0.5, 0.6) is 0 Å². The van der Waals surface area contributed by atoms with Crippen LogP contribution in [0, 0.1) is 0 Å². The van der Waals surface area contributed by atoms with Crippen molar-refractivity contribution in [2.75, 3.05) is 6.61 Å². The van der Waals surface area contributed by atoms with E-state index in [2.05, 4.69) is 16.4 Å². The standard InChI is InChI=1S/C18H39OP/c1-2-3-4-5-6-7-8-9-10-11-12-13-14-15-16-17-18-19-20/h2-18,20H2,1H3. The molecule has 122 valence electrons. The first-order valence-corrected chi connectivity index (χ1v) is 9.70. The smallest absolute Gasteiger partial charge is 0.0501 e. The van der Waals surface area contributed by atoms with Gasteiger partial charge in [0.15, 0.2) is 0 Å². The van der Waals surface area contributed by atoms with Crippen LogP contribution in [0.25, 0.3) is 0 Å². The van der Waals surface area contributed by atoms with Crippen LogP contribution in [-0.4, -0.2) is 6.61 Å². The maximum atomic E-state index is 4.98. The largest absolute Gasteiger partial charge is 0.366 e. The first kappa shape index (κ1) is 20.4. The van der Waals surface area contributed by atoms with Gasteiger partial charge in [0.1, 0.15) is 0 Å². The molecule has 0 N–H and O–H groups in total. The highest BCUT2D eigenvalue weighted by Crippen LogP contribution is 2.13. The second-order valence-corrected chi connectivity index (χ2v) is 6.51. The molecule has 1 atom stereocenters. The van der Waals surface area contributed by atoms with E-state index in [-0.39, 0.29) is 0 Å². The summed E-state index contributed by atoms with van der Waals surface area (Å²) in [4.78, 5) is 0. The van der Waals surface area contributed by atoms with Crippen molar-refractivity contribution in [3.63, 3.8) is 0 Å². The molecule has 1 unspecified atom stereocenters. The molecule has 0 fully saturated rings. The molecule has 0 aromatic rings. The Balaban J connectivity index is 2.89. The molecule has 0 aliphatic heterocycles. The highest BCUT2D eigenvalue weighted by molar-refractivity contribution is 7.09. The summed E-state index contributed by atoms with van der Waals surface area (Å²) in [6.07, 6.45) is 22.8. The summed E-state index contributed by atoms with van der Waals surface area (Å²) in [6.45, 7) is 3.20. The lowest BCUT2D eigenvalue weighted by Gasteiger charge is -2.03. The van der Waals surface area contributed by atoms with Crippen molar-refractivity contribution in [2.45, 2.75) is 110 Å².